The van der Waals surface area contributed by atoms with Crippen molar-refractivity contribution in [2.75, 3.05) is 19.3 Å². The van der Waals surface area contributed by atoms with Crippen molar-refractivity contribution in [3.63, 3.8) is 0 Å². The maximum Gasteiger partial charge on any atom is 0.243 e. The largest absolute Gasteiger partial charge is 0.310 e. The third-order valence-corrected chi connectivity index (χ3v) is 7.42. The monoisotopic (exact) mass is 362 g/mol. The molecule has 1 N–H and O–H groups in total. The van der Waals surface area contributed by atoms with Gasteiger partial charge in [-0.1, -0.05) is 0 Å². The first-order valence-electron chi connectivity index (χ1n) is 7.44. The first kappa shape index (κ1) is 16.8. The highest BCUT2D eigenvalue weighted by Gasteiger charge is 2.35. The first-order valence-corrected chi connectivity index (χ1v) is 10.8. The fourth-order valence-corrected chi connectivity index (χ4v) is 5.46. The number of sulfone groups is 1. The molecule has 0 aliphatic carbocycles. The third-order valence-electron chi connectivity index (χ3n) is 4.43. The molecule has 0 amide bonds. The van der Waals surface area contributed by atoms with Gasteiger partial charge in [0.1, 0.15) is 10.7 Å². The minimum Gasteiger partial charge on any atom is -0.310 e. The van der Waals surface area contributed by atoms with Crippen molar-refractivity contribution >= 4 is 19.9 Å². The van der Waals surface area contributed by atoms with E-state index in [4.69, 9.17) is 0 Å². The Hall–Kier alpha value is -1.03. The third kappa shape index (κ3) is 3.28. The Bertz CT molecular complexity index is 823. The van der Waals surface area contributed by atoms with E-state index in [1.807, 2.05) is 0 Å². The average Bonchev–Trinajstić information content (AvgIpc) is 2.76. The number of fused-ring (bicyclic) bond motifs is 2. The molecule has 23 heavy (non-hydrogen) atoms. The molecule has 3 rings (SSSR count). The molecule has 0 aromatic heterocycles. The number of hydrogen-bond acceptors (Lipinski definition) is 5. The lowest BCUT2D eigenvalue weighted by Crippen LogP contribution is -2.39. The number of nitrogens with zero attached hydrogens (tertiary/aromatic N) is 1. The lowest BCUT2D eigenvalue weighted by Gasteiger charge is -2.23. The standard InChI is InChI=1S/C14H19FN2O4S2/c1-22(18,19)14-5-4-12(8-13(14)15)23(20,21)17-7-6-10-2-3-11(9-17)16-10/h4-5,8,10-11,16H,2-3,6-7,9H2,1H3. The molecule has 0 spiro atoms. The minimum absolute atomic E-state index is 0.123. The molecule has 2 bridgehead atoms. The molecule has 0 saturated carbocycles. The van der Waals surface area contributed by atoms with E-state index in [0.717, 1.165) is 43.7 Å². The van der Waals surface area contributed by atoms with Gasteiger partial charge < -0.3 is 5.32 Å². The van der Waals surface area contributed by atoms with Crippen LogP contribution in [-0.2, 0) is 19.9 Å². The quantitative estimate of drug-likeness (QED) is 0.858. The fourth-order valence-electron chi connectivity index (χ4n) is 3.22. The summed E-state index contributed by atoms with van der Waals surface area (Å²) in [5.41, 5.74) is 0. The van der Waals surface area contributed by atoms with Gasteiger partial charge in [-0.15, -0.1) is 0 Å². The number of nitrogens with one attached hydrogen (secondary N) is 1. The summed E-state index contributed by atoms with van der Waals surface area (Å²) in [5, 5.41) is 3.39. The van der Waals surface area contributed by atoms with Gasteiger partial charge in [-0.2, -0.15) is 4.31 Å². The van der Waals surface area contributed by atoms with Gasteiger partial charge in [0.25, 0.3) is 0 Å². The van der Waals surface area contributed by atoms with Crippen molar-refractivity contribution in [1.82, 2.24) is 9.62 Å². The van der Waals surface area contributed by atoms with Crippen LogP contribution in [0.15, 0.2) is 28.0 Å². The summed E-state index contributed by atoms with van der Waals surface area (Å²) in [6.07, 6.45) is 3.59. The summed E-state index contributed by atoms with van der Waals surface area (Å²) < 4.78 is 63.7. The fraction of sp³-hybridized carbons (Fsp3) is 0.571. The Kier molecular flexibility index (Phi) is 4.24. The number of rotatable bonds is 3. The lowest BCUT2D eigenvalue weighted by molar-refractivity contribution is 0.383. The summed E-state index contributed by atoms with van der Waals surface area (Å²) in [6, 6.07) is 3.43. The van der Waals surface area contributed by atoms with Gasteiger partial charge in [-0.25, -0.2) is 21.2 Å². The van der Waals surface area contributed by atoms with Crippen molar-refractivity contribution in [3.8, 4) is 0 Å². The van der Waals surface area contributed by atoms with E-state index >= 15 is 0 Å². The zero-order valence-corrected chi connectivity index (χ0v) is 14.3. The Balaban J connectivity index is 1.92. The lowest BCUT2D eigenvalue weighted by atomic mass is 10.1. The van der Waals surface area contributed by atoms with Crippen molar-refractivity contribution < 1.29 is 21.2 Å². The normalized spacial score (nSPS) is 26.2. The molecule has 2 unspecified atom stereocenters. The second kappa shape index (κ2) is 5.80. The van der Waals surface area contributed by atoms with Crippen LogP contribution in [0.25, 0.3) is 0 Å². The maximum absolute atomic E-state index is 14.0. The number of sulfonamides is 1. The van der Waals surface area contributed by atoms with E-state index in [-0.39, 0.29) is 10.9 Å². The van der Waals surface area contributed by atoms with Crippen LogP contribution < -0.4 is 5.32 Å². The number of halogens is 1. The second-order valence-corrected chi connectivity index (χ2v) is 10.1. The number of hydrogen-bond donors (Lipinski definition) is 1. The summed E-state index contributed by atoms with van der Waals surface area (Å²) in [7, 11) is -7.56. The van der Waals surface area contributed by atoms with Crippen LogP contribution in [0.1, 0.15) is 19.3 Å². The van der Waals surface area contributed by atoms with E-state index in [0.29, 0.717) is 19.1 Å². The Morgan fingerprint density at radius 1 is 1.13 bits per heavy atom. The van der Waals surface area contributed by atoms with E-state index in [1.165, 1.54) is 4.31 Å². The highest BCUT2D eigenvalue weighted by atomic mass is 32.2. The van der Waals surface area contributed by atoms with Crippen LogP contribution >= 0.6 is 0 Å². The summed E-state index contributed by atoms with van der Waals surface area (Å²) in [4.78, 5) is -0.701. The van der Waals surface area contributed by atoms with Crippen LogP contribution in [0.3, 0.4) is 0 Å². The average molecular weight is 362 g/mol. The molecule has 1 aromatic rings. The van der Waals surface area contributed by atoms with E-state index in [2.05, 4.69) is 5.32 Å². The Morgan fingerprint density at radius 2 is 1.83 bits per heavy atom. The number of benzene rings is 1. The van der Waals surface area contributed by atoms with Crippen molar-refractivity contribution in [1.29, 1.82) is 0 Å². The van der Waals surface area contributed by atoms with Crippen LogP contribution in [0.4, 0.5) is 4.39 Å². The van der Waals surface area contributed by atoms with Crippen LogP contribution in [0, 0.1) is 5.82 Å². The zero-order valence-electron chi connectivity index (χ0n) is 12.7. The Labute approximate surface area is 135 Å². The smallest absolute Gasteiger partial charge is 0.243 e. The summed E-state index contributed by atoms with van der Waals surface area (Å²) >= 11 is 0. The molecule has 2 saturated heterocycles. The molecule has 9 heteroatoms. The van der Waals surface area contributed by atoms with Gasteiger partial charge in [-0.05, 0) is 37.5 Å². The highest BCUT2D eigenvalue weighted by molar-refractivity contribution is 7.90. The predicted octanol–water partition coefficient (Wildman–Crippen LogP) is 0.744. The second-order valence-electron chi connectivity index (χ2n) is 6.15. The molecule has 2 heterocycles. The minimum atomic E-state index is -3.83. The summed E-state index contributed by atoms with van der Waals surface area (Å²) in [5.74, 6) is -1.04. The molecule has 6 nitrogen and oxygen atoms in total. The van der Waals surface area contributed by atoms with Gasteiger partial charge in [0, 0.05) is 31.4 Å². The van der Waals surface area contributed by atoms with Crippen LogP contribution in [0.5, 0.6) is 0 Å². The first-order chi connectivity index (χ1) is 10.7. The molecule has 2 aliphatic rings. The van der Waals surface area contributed by atoms with Gasteiger partial charge >= 0.3 is 0 Å². The topological polar surface area (TPSA) is 83.5 Å². The molecule has 2 atom stereocenters. The molecule has 128 valence electrons. The highest BCUT2D eigenvalue weighted by Crippen LogP contribution is 2.26. The molecular formula is C14H19FN2O4S2. The van der Waals surface area contributed by atoms with Gasteiger partial charge in [0.15, 0.2) is 9.84 Å². The zero-order chi connectivity index (χ0) is 16.8. The van der Waals surface area contributed by atoms with Crippen molar-refractivity contribution in [2.24, 2.45) is 0 Å². The van der Waals surface area contributed by atoms with Crippen molar-refractivity contribution in [3.05, 3.63) is 24.0 Å². The SMILES string of the molecule is CS(=O)(=O)c1ccc(S(=O)(=O)N2CCC3CCC(C2)N3)cc1F. The van der Waals surface area contributed by atoms with Crippen LogP contribution in [-0.4, -0.2) is 52.6 Å². The maximum atomic E-state index is 14.0. The molecule has 0 radical (unpaired) electrons. The molecule has 1 aromatic carbocycles. The van der Waals surface area contributed by atoms with E-state index in [9.17, 15) is 21.2 Å². The van der Waals surface area contributed by atoms with E-state index in [1.54, 1.807) is 0 Å². The van der Waals surface area contributed by atoms with E-state index < -0.39 is 30.6 Å². The van der Waals surface area contributed by atoms with Crippen LogP contribution in [0.2, 0.25) is 0 Å². The molecule has 2 fully saturated rings. The van der Waals surface area contributed by atoms with Gasteiger partial charge in [0.2, 0.25) is 10.0 Å². The molecular weight excluding hydrogens is 343 g/mol. The van der Waals surface area contributed by atoms with Gasteiger partial charge in [-0.3, -0.25) is 0 Å². The van der Waals surface area contributed by atoms with Crippen molar-refractivity contribution in [2.45, 2.75) is 41.1 Å². The molecule has 2 aliphatic heterocycles. The summed E-state index contributed by atoms with van der Waals surface area (Å²) in [6.45, 7) is 0.736. The Morgan fingerprint density at radius 3 is 2.48 bits per heavy atom. The predicted molar refractivity (Wildman–Crippen MR) is 82.8 cm³/mol. The van der Waals surface area contributed by atoms with Gasteiger partial charge in [0.05, 0.1) is 4.90 Å².